The molecule has 1 atom stereocenters. The minimum Gasteiger partial charge on any atom is -0.372 e. The summed E-state index contributed by atoms with van der Waals surface area (Å²) < 4.78 is 0. The molecule has 3 aromatic rings. The Morgan fingerprint density at radius 3 is 2.82 bits per heavy atom. The van der Waals surface area contributed by atoms with E-state index in [0.29, 0.717) is 35.5 Å². The summed E-state index contributed by atoms with van der Waals surface area (Å²) in [6, 6.07) is 9.66. The zero-order valence-electron chi connectivity index (χ0n) is 18.4. The first-order chi connectivity index (χ1) is 16.0. The van der Waals surface area contributed by atoms with Gasteiger partial charge < -0.3 is 20.1 Å². The minimum absolute atomic E-state index is 0.122. The number of aromatic nitrogens is 3. The van der Waals surface area contributed by atoms with Crippen molar-refractivity contribution in [1.29, 1.82) is 5.26 Å². The van der Waals surface area contributed by atoms with Crippen LogP contribution in [0.15, 0.2) is 36.7 Å². The molecule has 2 aliphatic heterocycles. The number of nitrogens with one attached hydrogen (secondary N) is 2. The Kier molecular flexibility index (Phi) is 5.42. The molecule has 2 aliphatic rings. The van der Waals surface area contributed by atoms with Gasteiger partial charge >= 0.3 is 0 Å². The van der Waals surface area contributed by atoms with Crippen LogP contribution in [0.4, 0.5) is 5.69 Å². The summed E-state index contributed by atoms with van der Waals surface area (Å²) in [6.45, 7) is 4.58. The molecule has 4 heterocycles. The molecule has 0 radical (unpaired) electrons. The quantitative estimate of drug-likeness (QED) is 0.625. The number of hydrogen-bond acceptors (Lipinski definition) is 6. The van der Waals surface area contributed by atoms with Gasteiger partial charge in [-0.3, -0.25) is 9.59 Å². The second-order valence-electron chi connectivity index (χ2n) is 8.66. The molecule has 2 fully saturated rings. The van der Waals surface area contributed by atoms with Crippen molar-refractivity contribution in [2.75, 3.05) is 31.1 Å². The van der Waals surface area contributed by atoms with E-state index in [4.69, 9.17) is 10.2 Å². The maximum Gasteiger partial charge on any atom is 0.255 e. The van der Waals surface area contributed by atoms with Crippen molar-refractivity contribution in [1.82, 2.24) is 25.2 Å². The van der Waals surface area contributed by atoms with Gasteiger partial charge in [0.25, 0.3) is 5.91 Å². The fourth-order valence-corrected chi connectivity index (χ4v) is 4.39. The van der Waals surface area contributed by atoms with E-state index in [-0.39, 0.29) is 11.8 Å². The number of hydrogen-bond donors (Lipinski definition) is 2. The molecule has 5 rings (SSSR count). The zero-order valence-corrected chi connectivity index (χ0v) is 18.4. The molecule has 1 aromatic carbocycles. The van der Waals surface area contributed by atoms with E-state index in [1.807, 2.05) is 12.1 Å². The molecule has 0 aliphatic carbocycles. The highest BCUT2D eigenvalue weighted by Crippen LogP contribution is 2.27. The van der Waals surface area contributed by atoms with Gasteiger partial charge in [-0.1, -0.05) is 12.1 Å². The Morgan fingerprint density at radius 2 is 2.06 bits per heavy atom. The number of carbonyl (C=O) groups excluding carboxylic acids is 2. The molecule has 9 heteroatoms. The lowest BCUT2D eigenvalue weighted by atomic mass is 10.0. The standard InChI is InChI=1S/C24H25N7O2/c1-15(24(33)31-13-16(10-25)14-31)28-23(32)19-11-26-22-21(19)29-20(12-27-22)17-5-4-6-18(9-17)30-7-2-3-8-30/h4-6,9,11-12,15-16H,2-3,7-8,13-14H2,1H3,(H,26,27)(H,28,32)/t15-/m1/s1. The lowest BCUT2D eigenvalue weighted by Gasteiger charge is -2.37. The number of carbonyl (C=O) groups is 2. The van der Waals surface area contributed by atoms with Crippen molar-refractivity contribution in [2.24, 2.45) is 5.92 Å². The van der Waals surface area contributed by atoms with E-state index in [2.05, 4.69) is 38.4 Å². The third kappa shape index (κ3) is 4.00. The number of aromatic amines is 1. The van der Waals surface area contributed by atoms with Gasteiger partial charge in [-0.05, 0) is 31.9 Å². The molecule has 2 N–H and O–H groups in total. The lowest BCUT2D eigenvalue weighted by Crippen LogP contribution is -2.55. The largest absolute Gasteiger partial charge is 0.372 e. The summed E-state index contributed by atoms with van der Waals surface area (Å²) >= 11 is 0. The van der Waals surface area contributed by atoms with E-state index in [9.17, 15) is 9.59 Å². The number of amides is 2. The van der Waals surface area contributed by atoms with E-state index < -0.39 is 11.9 Å². The first-order valence-corrected chi connectivity index (χ1v) is 11.2. The van der Waals surface area contributed by atoms with Crippen LogP contribution in [0.25, 0.3) is 22.4 Å². The summed E-state index contributed by atoms with van der Waals surface area (Å²) in [6.07, 6.45) is 5.67. The Morgan fingerprint density at radius 1 is 1.27 bits per heavy atom. The van der Waals surface area contributed by atoms with Crippen LogP contribution in [0.1, 0.15) is 30.1 Å². The zero-order chi connectivity index (χ0) is 22.9. The number of rotatable bonds is 5. The first-order valence-electron chi connectivity index (χ1n) is 11.2. The number of likely N-dealkylation sites (tertiary alicyclic amines) is 1. The summed E-state index contributed by atoms with van der Waals surface area (Å²) in [5, 5.41) is 11.6. The fourth-order valence-electron chi connectivity index (χ4n) is 4.39. The summed E-state index contributed by atoms with van der Waals surface area (Å²) in [5.74, 6) is -0.708. The highest BCUT2D eigenvalue weighted by Gasteiger charge is 2.33. The second kappa shape index (κ2) is 8.54. The Bertz CT molecular complexity index is 1250. The summed E-state index contributed by atoms with van der Waals surface area (Å²) in [4.78, 5) is 41.5. The van der Waals surface area contributed by atoms with Gasteiger partial charge in [0, 0.05) is 43.6 Å². The van der Waals surface area contributed by atoms with Gasteiger partial charge in [-0.2, -0.15) is 5.26 Å². The Balaban J connectivity index is 1.35. The molecule has 0 bridgehead atoms. The van der Waals surface area contributed by atoms with Crippen LogP contribution in [0, 0.1) is 17.2 Å². The SMILES string of the molecule is C[C@@H](NC(=O)c1c[nH]c2ncc(-c3cccc(N4CCCC4)c3)nc12)C(=O)N1CC(C#N)C1. The number of fused-ring (bicyclic) bond motifs is 1. The topological polar surface area (TPSA) is 118 Å². The molecule has 33 heavy (non-hydrogen) atoms. The predicted octanol–water partition coefficient (Wildman–Crippen LogP) is 2.33. The van der Waals surface area contributed by atoms with Crippen LogP contribution >= 0.6 is 0 Å². The maximum absolute atomic E-state index is 12.9. The average Bonchev–Trinajstić information content (AvgIpc) is 3.48. The number of anilines is 1. The molecule has 9 nitrogen and oxygen atoms in total. The molecule has 0 unspecified atom stereocenters. The van der Waals surface area contributed by atoms with Gasteiger partial charge in [-0.15, -0.1) is 0 Å². The van der Waals surface area contributed by atoms with Crippen molar-refractivity contribution in [2.45, 2.75) is 25.8 Å². The van der Waals surface area contributed by atoms with Gasteiger partial charge in [0.05, 0.1) is 29.4 Å². The Labute approximate surface area is 191 Å². The molecule has 168 valence electrons. The molecule has 0 spiro atoms. The highest BCUT2D eigenvalue weighted by atomic mass is 16.2. The van der Waals surface area contributed by atoms with Crippen molar-refractivity contribution in [3.63, 3.8) is 0 Å². The third-order valence-corrected chi connectivity index (χ3v) is 6.33. The summed E-state index contributed by atoms with van der Waals surface area (Å²) in [7, 11) is 0. The van der Waals surface area contributed by atoms with Gasteiger partial charge in [0.1, 0.15) is 11.6 Å². The van der Waals surface area contributed by atoms with Crippen molar-refractivity contribution in [3.05, 3.63) is 42.2 Å². The van der Waals surface area contributed by atoms with Crippen LogP contribution in [0.3, 0.4) is 0 Å². The fraction of sp³-hybridized carbons (Fsp3) is 0.375. The molecule has 2 saturated heterocycles. The minimum atomic E-state index is -0.699. The predicted molar refractivity (Wildman–Crippen MR) is 123 cm³/mol. The molecule has 2 amide bonds. The van der Waals surface area contributed by atoms with Crippen LogP contribution in [-0.4, -0.2) is 63.9 Å². The smallest absolute Gasteiger partial charge is 0.255 e. The van der Waals surface area contributed by atoms with E-state index >= 15 is 0 Å². The molecular formula is C24H25N7O2. The number of nitrogens with zero attached hydrogens (tertiary/aromatic N) is 5. The number of nitriles is 1. The lowest BCUT2D eigenvalue weighted by molar-refractivity contribution is -0.137. The van der Waals surface area contributed by atoms with E-state index in [1.165, 1.54) is 12.8 Å². The van der Waals surface area contributed by atoms with Crippen molar-refractivity contribution >= 4 is 28.7 Å². The normalized spacial score (nSPS) is 17.0. The van der Waals surface area contributed by atoms with E-state index in [0.717, 1.165) is 24.3 Å². The van der Waals surface area contributed by atoms with Crippen LogP contribution in [-0.2, 0) is 4.79 Å². The van der Waals surface area contributed by atoms with Crippen molar-refractivity contribution < 1.29 is 9.59 Å². The van der Waals surface area contributed by atoms with Gasteiger partial charge in [0.2, 0.25) is 5.91 Å². The van der Waals surface area contributed by atoms with Crippen LogP contribution < -0.4 is 10.2 Å². The van der Waals surface area contributed by atoms with Gasteiger partial charge in [0.15, 0.2) is 5.65 Å². The van der Waals surface area contributed by atoms with Crippen LogP contribution in [0.2, 0.25) is 0 Å². The number of H-pyrrole nitrogens is 1. The average molecular weight is 444 g/mol. The molecular weight excluding hydrogens is 418 g/mol. The number of benzene rings is 1. The van der Waals surface area contributed by atoms with Crippen LogP contribution in [0.5, 0.6) is 0 Å². The first kappa shape index (κ1) is 20.9. The van der Waals surface area contributed by atoms with E-state index in [1.54, 1.807) is 24.2 Å². The Hall–Kier alpha value is -3.93. The highest BCUT2D eigenvalue weighted by molar-refractivity contribution is 6.06. The van der Waals surface area contributed by atoms with Gasteiger partial charge in [-0.25, -0.2) is 9.97 Å². The monoisotopic (exact) mass is 443 g/mol. The molecule has 2 aromatic heterocycles. The summed E-state index contributed by atoms with van der Waals surface area (Å²) in [5.41, 5.74) is 4.10. The maximum atomic E-state index is 12.9. The third-order valence-electron chi connectivity index (χ3n) is 6.33. The van der Waals surface area contributed by atoms with Crippen molar-refractivity contribution in [3.8, 4) is 17.3 Å². The second-order valence-corrected chi connectivity index (χ2v) is 8.66. The molecule has 0 saturated carbocycles.